The molecule has 3 rings (SSSR count). The molecule has 0 aliphatic carbocycles. The quantitative estimate of drug-likeness (QED) is 0.478. The maximum absolute atomic E-state index is 13.2. The van der Waals surface area contributed by atoms with Gasteiger partial charge in [-0.1, -0.05) is 18.2 Å². The summed E-state index contributed by atoms with van der Waals surface area (Å²) in [5.74, 6) is 0.509. The fourth-order valence-electron chi connectivity index (χ4n) is 3.28. The van der Waals surface area contributed by atoms with Crippen LogP contribution >= 0.6 is 0 Å². The van der Waals surface area contributed by atoms with Crippen molar-refractivity contribution >= 4 is 23.1 Å². The Labute approximate surface area is 176 Å². The van der Waals surface area contributed by atoms with Gasteiger partial charge in [-0.05, 0) is 43.7 Å². The van der Waals surface area contributed by atoms with Gasteiger partial charge in [0.1, 0.15) is 17.2 Å². The van der Waals surface area contributed by atoms with Crippen molar-refractivity contribution in [2.75, 3.05) is 39.3 Å². The zero-order chi connectivity index (χ0) is 21.5. The number of hydrogen-bond donors (Lipinski definition) is 1. The lowest BCUT2D eigenvalue weighted by Gasteiger charge is -2.15. The molecule has 7 heteroatoms. The number of nitrogens with one attached hydrogen (secondary N) is 1. The van der Waals surface area contributed by atoms with Crippen molar-refractivity contribution in [2.45, 2.75) is 13.3 Å². The zero-order valence-corrected chi connectivity index (χ0v) is 17.4. The second-order valence-corrected chi connectivity index (χ2v) is 6.62. The molecule has 1 N–H and O–H groups in total. The first-order chi connectivity index (χ1) is 14.6. The van der Waals surface area contributed by atoms with Crippen molar-refractivity contribution in [3.8, 4) is 11.5 Å². The Kier molecular flexibility index (Phi) is 7.08. The molecule has 2 amide bonds. The predicted molar refractivity (Wildman–Crippen MR) is 114 cm³/mol. The molecule has 1 aliphatic heterocycles. The van der Waals surface area contributed by atoms with Crippen molar-refractivity contribution < 1.29 is 23.8 Å². The number of ether oxygens (including phenoxy) is 3. The van der Waals surface area contributed by atoms with Crippen LogP contribution in [0.25, 0.3) is 5.57 Å². The van der Waals surface area contributed by atoms with Crippen molar-refractivity contribution in [1.82, 2.24) is 4.90 Å². The van der Waals surface area contributed by atoms with Gasteiger partial charge >= 0.3 is 0 Å². The first kappa shape index (κ1) is 21.4. The van der Waals surface area contributed by atoms with E-state index < -0.39 is 0 Å². The predicted octanol–water partition coefficient (Wildman–Crippen LogP) is 3.32. The Bertz CT molecular complexity index is 937. The molecule has 0 saturated carbocycles. The number of para-hydroxylation sites is 1. The average molecular weight is 410 g/mol. The Hall–Kier alpha value is -3.32. The van der Waals surface area contributed by atoms with E-state index in [0.717, 1.165) is 0 Å². The van der Waals surface area contributed by atoms with Crippen LogP contribution < -0.4 is 14.8 Å². The van der Waals surface area contributed by atoms with Crippen LogP contribution in [0.15, 0.2) is 54.2 Å². The van der Waals surface area contributed by atoms with E-state index in [1.807, 2.05) is 19.1 Å². The maximum Gasteiger partial charge on any atom is 0.278 e. The molecule has 158 valence electrons. The van der Waals surface area contributed by atoms with Gasteiger partial charge in [-0.25, -0.2) is 0 Å². The fourth-order valence-corrected chi connectivity index (χ4v) is 3.28. The normalized spacial score (nSPS) is 13.8. The standard InChI is InChI=1S/C23H26N2O5/c1-4-30-15-7-14-25-22(26)20(18-8-5-6-9-19(18)29-3)21(23(25)27)24-16-10-12-17(28-2)13-11-16/h5-6,8-13,24H,4,7,14-15H2,1-3H3. The molecule has 0 atom stereocenters. The Morgan fingerprint density at radius 2 is 1.67 bits per heavy atom. The second-order valence-electron chi connectivity index (χ2n) is 6.62. The van der Waals surface area contributed by atoms with Gasteiger partial charge in [0.05, 0.1) is 19.8 Å². The van der Waals surface area contributed by atoms with Crippen LogP contribution in [0.4, 0.5) is 5.69 Å². The van der Waals surface area contributed by atoms with Crippen LogP contribution in [0.5, 0.6) is 11.5 Å². The molecule has 1 aliphatic rings. The van der Waals surface area contributed by atoms with Crippen molar-refractivity contribution in [2.24, 2.45) is 0 Å². The second kappa shape index (κ2) is 9.93. The highest BCUT2D eigenvalue weighted by Gasteiger charge is 2.39. The van der Waals surface area contributed by atoms with Crippen molar-refractivity contribution in [3.63, 3.8) is 0 Å². The summed E-state index contributed by atoms with van der Waals surface area (Å²) in [4.78, 5) is 27.7. The molecule has 2 aromatic carbocycles. The molecule has 30 heavy (non-hydrogen) atoms. The minimum absolute atomic E-state index is 0.228. The smallest absolute Gasteiger partial charge is 0.278 e. The van der Waals surface area contributed by atoms with Gasteiger partial charge in [-0.2, -0.15) is 0 Å². The van der Waals surface area contributed by atoms with Gasteiger partial charge in [0, 0.05) is 31.0 Å². The number of hydrogen-bond acceptors (Lipinski definition) is 6. The number of benzene rings is 2. The van der Waals surface area contributed by atoms with E-state index in [9.17, 15) is 9.59 Å². The SMILES string of the molecule is CCOCCCN1C(=O)C(Nc2ccc(OC)cc2)=C(c2ccccc2OC)C1=O. The van der Waals surface area contributed by atoms with E-state index in [0.29, 0.717) is 48.0 Å². The molecule has 0 saturated heterocycles. The minimum Gasteiger partial charge on any atom is -0.497 e. The molecule has 0 aromatic heterocycles. The summed E-state index contributed by atoms with van der Waals surface area (Å²) in [7, 11) is 3.13. The number of nitrogens with zero attached hydrogens (tertiary/aromatic N) is 1. The summed E-state index contributed by atoms with van der Waals surface area (Å²) < 4.78 is 16.0. The van der Waals surface area contributed by atoms with E-state index in [-0.39, 0.29) is 24.1 Å². The highest BCUT2D eigenvalue weighted by molar-refractivity contribution is 6.37. The van der Waals surface area contributed by atoms with E-state index in [2.05, 4.69) is 5.32 Å². The topological polar surface area (TPSA) is 77.1 Å². The highest BCUT2D eigenvalue weighted by Crippen LogP contribution is 2.35. The van der Waals surface area contributed by atoms with Crippen LogP contribution in [-0.4, -0.2) is 50.7 Å². The molecule has 0 bridgehead atoms. The first-order valence-electron chi connectivity index (χ1n) is 9.83. The van der Waals surface area contributed by atoms with Crippen LogP contribution in [0.3, 0.4) is 0 Å². The van der Waals surface area contributed by atoms with Crippen LogP contribution in [0, 0.1) is 0 Å². The Balaban J connectivity index is 1.97. The summed E-state index contributed by atoms with van der Waals surface area (Å²) >= 11 is 0. The third kappa shape index (κ3) is 4.46. The number of imide groups is 1. The molecule has 0 spiro atoms. The molecule has 0 radical (unpaired) electrons. The largest absolute Gasteiger partial charge is 0.497 e. The third-order valence-electron chi connectivity index (χ3n) is 4.78. The molecule has 0 fully saturated rings. The number of anilines is 1. The number of rotatable bonds is 10. The summed E-state index contributed by atoms with van der Waals surface area (Å²) in [6.07, 6.45) is 0.570. The van der Waals surface area contributed by atoms with Gasteiger partial charge in [0.25, 0.3) is 11.8 Å². The average Bonchev–Trinajstić information content (AvgIpc) is 3.01. The third-order valence-corrected chi connectivity index (χ3v) is 4.78. The van der Waals surface area contributed by atoms with Crippen LogP contribution in [-0.2, 0) is 14.3 Å². The lowest BCUT2D eigenvalue weighted by molar-refractivity contribution is -0.137. The maximum atomic E-state index is 13.2. The number of carbonyl (C=O) groups is 2. The molecule has 7 nitrogen and oxygen atoms in total. The molecule has 1 heterocycles. The summed E-state index contributed by atoms with van der Waals surface area (Å²) in [6.45, 7) is 3.27. The molecule has 0 unspecified atom stereocenters. The summed E-state index contributed by atoms with van der Waals surface area (Å²) in [6, 6.07) is 14.3. The first-order valence-corrected chi connectivity index (χ1v) is 9.83. The van der Waals surface area contributed by atoms with Gasteiger partial charge in [-0.15, -0.1) is 0 Å². The molecule has 2 aromatic rings. The monoisotopic (exact) mass is 410 g/mol. The minimum atomic E-state index is -0.367. The van der Waals surface area contributed by atoms with Crippen LogP contribution in [0.2, 0.25) is 0 Å². The van der Waals surface area contributed by atoms with E-state index in [1.165, 1.54) is 12.0 Å². The van der Waals surface area contributed by atoms with Gasteiger partial charge in [0.2, 0.25) is 0 Å². The summed E-state index contributed by atoms with van der Waals surface area (Å²) in [5, 5.41) is 3.13. The van der Waals surface area contributed by atoms with Gasteiger partial charge in [0.15, 0.2) is 0 Å². The van der Waals surface area contributed by atoms with Crippen molar-refractivity contribution in [3.05, 3.63) is 59.8 Å². The van der Waals surface area contributed by atoms with Crippen LogP contribution in [0.1, 0.15) is 18.9 Å². The number of amides is 2. The van der Waals surface area contributed by atoms with E-state index in [1.54, 1.807) is 43.5 Å². The van der Waals surface area contributed by atoms with E-state index in [4.69, 9.17) is 14.2 Å². The van der Waals surface area contributed by atoms with Gasteiger partial charge in [-0.3, -0.25) is 14.5 Å². The highest BCUT2D eigenvalue weighted by atomic mass is 16.5. The Morgan fingerprint density at radius 3 is 2.33 bits per heavy atom. The zero-order valence-electron chi connectivity index (χ0n) is 17.4. The van der Waals surface area contributed by atoms with Gasteiger partial charge < -0.3 is 19.5 Å². The van der Waals surface area contributed by atoms with E-state index >= 15 is 0 Å². The summed E-state index contributed by atoms with van der Waals surface area (Å²) in [5.41, 5.74) is 1.77. The lowest BCUT2D eigenvalue weighted by Crippen LogP contribution is -2.34. The van der Waals surface area contributed by atoms with Crippen molar-refractivity contribution in [1.29, 1.82) is 0 Å². The molecular formula is C23H26N2O5. The fraction of sp³-hybridized carbons (Fsp3) is 0.304. The Morgan fingerprint density at radius 1 is 0.933 bits per heavy atom. The lowest BCUT2D eigenvalue weighted by atomic mass is 10.0. The number of carbonyl (C=O) groups excluding carboxylic acids is 2. The molecular weight excluding hydrogens is 384 g/mol. The number of methoxy groups -OCH3 is 2.